The van der Waals surface area contributed by atoms with E-state index in [1.54, 1.807) is 25.1 Å². The number of hydrogen-bond donors (Lipinski definition) is 2. The Hall–Kier alpha value is -3.91. The number of nitro groups is 1. The molecule has 0 aliphatic rings. The van der Waals surface area contributed by atoms with Crippen LogP contribution in [0, 0.1) is 28.4 Å². The molecule has 0 aliphatic heterocycles. The summed E-state index contributed by atoms with van der Waals surface area (Å²) in [5.41, 5.74) is 0.0296. The number of rotatable bonds is 8. The number of hydrogen-bond acceptors (Lipinski definition) is 8. The number of non-ortho nitro benzene ring substituents is 1. The number of benzene rings is 2. The molecule has 0 unspecified atom stereocenters. The first kappa shape index (κ1) is 22.4. The molecule has 0 fully saturated rings. The molecule has 2 aromatic rings. The Kier molecular flexibility index (Phi) is 7.11. The fraction of sp³-hybridized carbons (Fsp3) is 0.158. The SMILES string of the molecule is CCOC(=O)/C(C#N)=C/Nc1ccccc1NS(=O)(=O)c1cc([N+](=O)[O-])ccc1C. The summed E-state index contributed by atoms with van der Waals surface area (Å²) in [6, 6.07) is 11.4. The molecule has 2 N–H and O–H groups in total. The number of sulfonamides is 1. The van der Waals surface area contributed by atoms with Gasteiger partial charge in [-0.2, -0.15) is 5.26 Å². The quantitative estimate of drug-likeness (QED) is 0.213. The molecule has 0 amide bonds. The molecule has 11 heteroatoms. The van der Waals surface area contributed by atoms with E-state index in [1.165, 1.54) is 31.2 Å². The van der Waals surface area contributed by atoms with Crippen LogP contribution in [0.1, 0.15) is 12.5 Å². The lowest BCUT2D eigenvalue weighted by molar-refractivity contribution is -0.385. The van der Waals surface area contributed by atoms with Crippen molar-refractivity contribution in [2.45, 2.75) is 18.7 Å². The van der Waals surface area contributed by atoms with E-state index in [9.17, 15) is 23.3 Å². The van der Waals surface area contributed by atoms with Gasteiger partial charge in [-0.3, -0.25) is 14.8 Å². The average Bonchev–Trinajstić information content (AvgIpc) is 2.69. The van der Waals surface area contributed by atoms with Gasteiger partial charge in [0.15, 0.2) is 5.57 Å². The third kappa shape index (κ3) is 5.33. The Morgan fingerprint density at radius 3 is 2.53 bits per heavy atom. The number of para-hydroxylation sites is 2. The van der Waals surface area contributed by atoms with Gasteiger partial charge in [0.2, 0.25) is 0 Å². The molecular weight excluding hydrogens is 412 g/mol. The molecule has 0 aromatic heterocycles. The monoisotopic (exact) mass is 430 g/mol. The van der Waals surface area contributed by atoms with Gasteiger partial charge in [-0.15, -0.1) is 0 Å². The molecule has 30 heavy (non-hydrogen) atoms. The van der Waals surface area contributed by atoms with Crippen LogP contribution in [0.25, 0.3) is 0 Å². The standard InChI is InChI=1S/C19H18N4O6S/c1-3-29-19(24)14(11-20)12-21-16-6-4-5-7-17(16)22-30(27,28)18-10-15(23(25)26)9-8-13(18)2/h4-10,12,21-22H,3H2,1-2H3/b14-12+. The molecule has 0 radical (unpaired) electrons. The minimum absolute atomic E-state index is 0.0941. The number of carbonyl (C=O) groups is 1. The lowest BCUT2D eigenvalue weighted by atomic mass is 10.2. The van der Waals surface area contributed by atoms with Gasteiger partial charge >= 0.3 is 5.97 Å². The topological polar surface area (TPSA) is 151 Å². The van der Waals surface area contributed by atoms with Crippen molar-refractivity contribution in [1.29, 1.82) is 5.26 Å². The van der Waals surface area contributed by atoms with Crippen molar-refractivity contribution in [3.05, 3.63) is 69.9 Å². The van der Waals surface area contributed by atoms with E-state index in [0.29, 0.717) is 5.56 Å². The summed E-state index contributed by atoms with van der Waals surface area (Å²) < 4.78 is 32.8. The second kappa shape index (κ2) is 9.53. The van der Waals surface area contributed by atoms with Crippen LogP contribution in [0.4, 0.5) is 17.1 Å². The normalized spacial score (nSPS) is 11.3. The van der Waals surface area contributed by atoms with Crippen LogP contribution in [0.5, 0.6) is 0 Å². The number of ether oxygens (including phenoxy) is 1. The number of anilines is 2. The number of carbonyl (C=O) groups excluding carboxylic acids is 1. The van der Waals surface area contributed by atoms with E-state index < -0.39 is 20.9 Å². The van der Waals surface area contributed by atoms with Crippen LogP contribution >= 0.6 is 0 Å². The van der Waals surface area contributed by atoms with Gasteiger partial charge in [0.1, 0.15) is 6.07 Å². The van der Waals surface area contributed by atoms with Gasteiger partial charge in [-0.25, -0.2) is 13.2 Å². The minimum atomic E-state index is -4.16. The summed E-state index contributed by atoms with van der Waals surface area (Å²) in [7, 11) is -4.16. The van der Waals surface area contributed by atoms with Gasteiger partial charge in [0.25, 0.3) is 15.7 Å². The van der Waals surface area contributed by atoms with Crippen molar-refractivity contribution in [2.24, 2.45) is 0 Å². The molecule has 2 rings (SSSR count). The first-order valence-electron chi connectivity index (χ1n) is 8.60. The van der Waals surface area contributed by atoms with E-state index in [1.807, 2.05) is 0 Å². The van der Waals surface area contributed by atoms with Crippen molar-refractivity contribution in [1.82, 2.24) is 0 Å². The van der Waals surface area contributed by atoms with Gasteiger partial charge < -0.3 is 10.1 Å². The second-order valence-corrected chi connectivity index (χ2v) is 7.54. The van der Waals surface area contributed by atoms with Crippen molar-refractivity contribution in [3.8, 4) is 6.07 Å². The largest absolute Gasteiger partial charge is 0.462 e. The zero-order valence-electron chi connectivity index (χ0n) is 16.1. The summed E-state index contributed by atoms with van der Waals surface area (Å²) in [6.45, 7) is 3.21. The number of esters is 1. The molecule has 156 valence electrons. The maximum Gasteiger partial charge on any atom is 0.350 e. The molecule has 0 bridgehead atoms. The molecule has 0 saturated heterocycles. The van der Waals surface area contributed by atoms with Gasteiger partial charge in [0, 0.05) is 18.3 Å². The predicted molar refractivity (Wildman–Crippen MR) is 109 cm³/mol. The van der Waals surface area contributed by atoms with E-state index in [0.717, 1.165) is 12.3 Å². The molecule has 0 atom stereocenters. The fourth-order valence-corrected chi connectivity index (χ4v) is 3.73. The number of nitrogens with zero attached hydrogens (tertiary/aromatic N) is 2. The molecule has 0 heterocycles. The number of aryl methyl sites for hydroxylation is 1. The fourth-order valence-electron chi connectivity index (χ4n) is 2.39. The first-order valence-corrected chi connectivity index (χ1v) is 10.1. The summed E-state index contributed by atoms with van der Waals surface area (Å²) in [5.74, 6) is -0.821. The van der Waals surface area contributed by atoms with E-state index in [4.69, 9.17) is 10.00 Å². The number of nitro benzene ring substituents is 1. The smallest absolute Gasteiger partial charge is 0.350 e. The Balaban J connectivity index is 2.37. The zero-order chi connectivity index (χ0) is 22.3. The highest BCUT2D eigenvalue weighted by atomic mass is 32.2. The first-order chi connectivity index (χ1) is 14.2. The average molecular weight is 430 g/mol. The molecule has 10 nitrogen and oxygen atoms in total. The van der Waals surface area contributed by atoms with Crippen LogP contribution in [0.3, 0.4) is 0 Å². The maximum atomic E-state index is 12.8. The lowest BCUT2D eigenvalue weighted by Crippen LogP contribution is -2.15. The zero-order valence-corrected chi connectivity index (χ0v) is 16.9. The Labute approximate surface area is 173 Å². The van der Waals surface area contributed by atoms with Crippen LogP contribution in [-0.4, -0.2) is 25.9 Å². The van der Waals surface area contributed by atoms with Crippen molar-refractivity contribution >= 4 is 33.1 Å². The van der Waals surface area contributed by atoms with Crippen LogP contribution < -0.4 is 10.0 Å². The second-order valence-electron chi connectivity index (χ2n) is 5.89. The van der Waals surface area contributed by atoms with Crippen molar-refractivity contribution in [2.75, 3.05) is 16.6 Å². The number of nitrogens with one attached hydrogen (secondary N) is 2. The van der Waals surface area contributed by atoms with Crippen LogP contribution in [0.15, 0.2) is 59.1 Å². The summed E-state index contributed by atoms with van der Waals surface area (Å²) in [5, 5.41) is 22.8. The third-order valence-electron chi connectivity index (χ3n) is 3.83. The van der Waals surface area contributed by atoms with E-state index in [-0.39, 0.29) is 34.1 Å². The Bertz CT molecular complexity index is 1150. The molecular formula is C19H18N4O6S. The van der Waals surface area contributed by atoms with Crippen LogP contribution in [0.2, 0.25) is 0 Å². The Morgan fingerprint density at radius 1 is 1.27 bits per heavy atom. The summed E-state index contributed by atoms with van der Waals surface area (Å²) in [4.78, 5) is 21.8. The van der Waals surface area contributed by atoms with Crippen LogP contribution in [-0.2, 0) is 19.6 Å². The van der Waals surface area contributed by atoms with Crippen molar-refractivity contribution in [3.63, 3.8) is 0 Å². The third-order valence-corrected chi connectivity index (χ3v) is 5.34. The van der Waals surface area contributed by atoms with Crippen molar-refractivity contribution < 1.29 is 22.9 Å². The summed E-state index contributed by atoms with van der Waals surface area (Å²) in [6.07, 6.45) is 1.10. The van der Waals surface area contributed by atoms with Gasteiger partial charge in [0.05, 0.1) is 27.8 Å². The molecule has 0 aliphatic carbocycles. The van der Waals surface area contributed by atoms with E-state index >= 15 is 0 Å². The minimum Gasteiger partial charge on any atom is -0.462 e. The predicted octanol–water partition coefficient (Wildman–Crippen LogP) is 3.09. The highest BCUT2D eigenvalue weighted by Gasteiger charge is 2.21. The highest BCUT2D eigenvalue weighted by molar-refractivity contribution is 7.92. The highest BCUT2D eigenvalue weighted by Crippen LogP contribution is 2.27. The maximum absolute atomic E-state index is 12.8. The van der Waals surface area contributed by atoms with Gasteiger partial charge in [-0.05, 0) is 31.5 Å². The molecule has 0 spiro atoms. The van der Waals surface area contributed by atoms with E-state index in [2.05, 4.69) is 10.0 Å². The lowest BCUT2D eigenvalue weighted by Gasteiger charge is -2.14. The summed E-state index contributed by atoms with van der Waals surface area (Å²) >= 11 is 0. The Morgan fingerprint density at radius 2 is 1.93 bits per heavy atom. The number of nitriles is 1. The van der Waals surface area contributed by atoms with Gasteiger partial charge in [-0.1, -0.05) is 18.2 Å². The molecule has 0 saturated carbocycles. The molecule has 2 aromatic carbocycles.